The first kappa shape index (κ1) is 22.9. The number of nitrogens with zero attached hydrogens (tertiary/aromatic N) is 4. The van der Waals surface area contributed by atoms with Crippen LogP contribution in [-0.2, 0) is 19.2 Å². The van der Waals surface area contributed by atoms with E-state index in [1.54, 1.807) is 67.6 Å². The minimum absolute atomic E-state index is 0.0939. The highest BCUT2D eigenvalue weighted by Crippen LogP contribution is 2.47. The van der Waals surface area contributed by atoms with Crippen molar-refractivity contribution in [2.45, 2.75) is 19.8 Å². The van der Waals surface area contributed by atoms with Crippen LogP contribution in [-0.4, -0.2) is 24.3 Å². The summed E-state index contributed by atoms with van der Waals surface area (Å²) in [5, 5.41) is 0. The third-order valence-electron chi connectivity index (χ3n) is 4.97. The smallest absolute Gasteiger partial charge is 0.211 e. The summed E-state index contributed by atoms with van der Waals surface area (Å²) in [6.07, 6.45) is 6.09. The van der Waals surface area contributed by atoms with Gasteiger partial charge in [-0.3, -0.25) is 0 Å². The Morgan fingerprint density at radius 2 is 1.15 bits per heavy atom. The molecule has 0 bridgehead atoms. The molecule has 3 rings (SSSR count). The zero-order valence-electron chi connectivity index (χ0n) is 17.7. The fourth-order valence-electron chi connectivity index (χ4n) is 3.75. The number of isocyanates is 4. The van der Waals surface area contributed by atoms with E-state index in [1.165, 1.54) is 12.2 Å². The van der Waals surface area contributed by atoms with Crippen LogP contribution in [0.25, 0.3) is 0 Å². The third-order valence-corrected chi connectivity index (χ3v) is 4.97. The van der Waals surface area contributed by atoms with Crippen LogP contribution in [0.15, 0.2) is 74.6 Å². The highest BCUT2D eigenvalue weighted by molar-refractivity contribution is 5.77. The molecule has 0 aromatic heterocycles. The monoisotopic (exact) mass is 436 g/mol. The second-order valence-electron chi connectivity index (χ2n) is 7.09. The molecule has 1 atom stereocenters. The van der Waals surface area contributed by atoms with Crippen LogP contribution in [0.1, 0.15) is 33.7 Å². The molecule has 3 aromatic rings. The Bertz CT molecular complexity index is 1420. The summed E-state index contributed by atoms with van der Waals surface area (Å²) < 4.78 is 0. The fourth-order valence-corrected chi connectivity index (χ4v) is 3.75. The molecule has 0 fully saturated rings. The number of benzene rings is 3. The van der Waals surface area contributed by atoms with Gasteiger partial charge in [-0.2, -0.15) is 20.0 Å². The topological polar surface area (TPSA) is 118 Å². The van der Waals surface area contributed by atoms with Crippen molar-refractivity contribution in [2.75, 3.05) is 0 Å². The minimum Gasteiger partial charge on any atom is -0.211 e. The van der Waals surface area contributed by atoms with Crippen molar-refractivity contribution in [3.63, 3.8) is 0 Å². The van der Waals surface area contributed by atoms with Crippen LogP contribution < -0.4 is 0 Å². The van der Waals surface area contributed by atoms with Crippen molar-refractivity contribution < 1.29 is 19.2 Å². The lowest BCUT2D eigenvalue weighted by atomic mass is 9.81. The van der Waals surface area contributed by atoms with Crippen LogP contribution in [0.2, 0.25) is 0 Å². The molecule has 8 heteroatoms. The lowest BCUT2D eigenvalue weighted by Crippen LogP contribution is -2.06. The molecule has 160 valence electrons. The number of hydrogen-bond acceptors (Lipinski definition) is 8. The Labute approximate surface area is 188 Å². The van der Waals surface area contributed by atoms with Gasteiger partial charge in [-0.05, 0) is 54.3 Å². The van der Waals surface area contributed by atoms with Crippen molar-refractivity contribution >= 4 is 47.1 Å². The van der Waals surface area contributed by atoms with Crippen molar-refractivity contribution in [2.24, 2.45) is 20.0 Å². The van der Waals surface area contributed by atoms with E-state index in [4.69, 9.17) is 0 Å². The standard InChI is InChI=1S/C25H16N4O4/c1-16-7-8-22(27-13-31)19(9-16)24(18-5-3-4-6-21(18)26-12-30)20-10-17(2)11-23(28-14-32)25(20)29-15-33/h3-11,24H,1-2H3. The maximum atomic E-state index is 11.3. The molecule has 0 saturated heterocycles. The molecule has 0 N–H and O–H groups in total. The van der Waals surface area contributed by atoms with Crippen LogP contribution in [0, 0.1) is 13.8 Å². The Morgan fingerprint density at radius 1 is 0.576 bits per heavy atom. The second kappa shape index (κ2) is 10.5. The largest absolute Gasteiger partial charge is 0.240 e. The van der Waals surface area contributed by atoms with E-state index in [0.717, 1.165) is 11.1 Å². The Hall–Kier alpha value is -4.82. The van der Waals surface area contributed by atoms with E-state index >= 15 is 0 Å². The highest BCUT2D eigenvalue weighted by Gasteiger charge is 2.27. The van der Waals surface area contributed by atoms with Gasteiger partial charge < -0.3 is 0 Å². The van der Waals surface area contributed by atoms with Gasteiger partial charge in [0, 0.05) is 5.92 Å². The van der Waals surface area contributed by atoms with E-state index in [9.17, 15) is 19.2 Å². The Kier molecular flexibility index (Phi) is 7.25. The van der Waals surface area contributed by atoms with Crippen molar-refractivity contribution in [3.05, 3.63) is 82.4 Å². The molecule has 1 unspecified atom stereocenters. The molecule has 0 aliphatic rings. The average Bonchev–Trinajstić information content (AvgIpc) is 2.79. The van der Waals surface area contributed by atoms with Crippen LogP contribution in [0.3, 0.4) is 0 Å². The third kappa shape index (κ3) is 4.92. The van der Waals surface area contributed by atoms with Gasteiger partial charge in [0.25, 0.3) is 0 Å². The predicted octanol–water partition coefficient (Wildman–Crippen LogP) is 5.35. The molecule has 8 nitrogen and oxygen atoms in total. The maximum Gasteiger partial charge on any atom is 0.240 e. The van der Waals surface area contributed by atoms with Gasteiger partial charge in [-0.15, -0.1) is 0 Å². The minimum atomic E-state index is -0.710. The molecule has 0 aliphatic heterocycles. The first-order valence-corrected chi connectivity index (χ1v) is 9.69. The number of para-hydroxylation sites is 1. The number of hydrogen-bond donors (Lipinski definition) is 0. The number of rotatable bonds is 7. The summed E-state index contributed by atoms with van der Waals surface area (Å²) in [5.41, 5.74) is 4.05. The van der Waals surface area contributed by atoms with Crippen molar-refractivity contribution in [1.29, 1.82) is 0 Å². The highest BCUT2D eigenvalue weighted by atomic mass is 16.1. The van der Waals surface area contributed by atoms with Gasteiger partial charge in [0.2, 0.25) is 24.3 Å². The zero-order valence-corrected chi connectivity index (χ0v) is 17.7. The Morgan fingerprint density at radius 3 is 1.82 bits per heavy atom. The van der Waals surface area contributed by atoms with Gasteiger partial charge >= 0.3 is 0 Å². The molecule has 0 aliphatic carbocycles. The van der Waals surface area contributed by atoms with E-state index < -0.39 is 5.92 Å². The second-order valence-corrected chi connectivity index (χ2v) is 7.09. The van der Waals surface area contributed by atoms with E-state index in [1.807, 2.05) is 13.0 Å². The Balaban J connectivity index is 2.55. The van der Waals surface area contributed by atoms with Gasteiger partial charge in [0.1, 0.15) is 11.4 Å². The number of carbonyl (C=O) groups excluding carboxylic acids is 4. The van der Waals surface area contributed by atoms with Gasteiger partial charge in [0.15, 0.2) is 0 Å². The average molecular weight is 436 g/mol. The lowest BCUT2D eigenvalue weighted by Gasteiger charge is -2.24. The molecular formula is C25H16N4O4. The molecule has 3 aromatic carbocycles. The van der Waals surface area contributed by atoms with Gasteiger partial charge in [-0.25, -0.2) is 19.2 Å². The normalized spacial score (nSPS) is 10.6. The molecular weight excluding hydrogens is 420 g/mol. The summed E-state index contributed by atoms with van der Waals surface area (Å²) in [6.45, 7) is 3.66. The van der Waals surface area contributed by atoms with E-state index in [2.05, 4.69) is 20.0 Å². The van der Waals surface area contributed by atoms with Crippen molar-refractivity contribution in [3.8, 4) is 0 Å². The summed E-state index contributed by atoms with van der Waals surface area (Å²) in [4.78, 5) is 59.8. The van der Waals surface area contributed by atoms with Gasteiger partial charge in [-0.1, -0.05) is 42.0 Å². The number of aryl methyl sites for hydroxylation is 2. The summed E-state index contributed by atoms with van der Waals surface area (Å²) >= 11 is 0. The van der Waals surface area contributed by atoms with Crippen molar-refractivity contribution in [1.82, 2.24) is 0 Å². The fraction of sp³-hybridized carbons (Fsp3) is 0.120. The predicted molar refractivity (Wildman–Crippen MR) is 121 cm³/mol. The SMILES string of the molecule is Cc1ccc(N=C=O)c(C(c2ccccc2N=C=O)c2cc(C)cc(N=C=O)c2N=C=O)c1. The quantitative estimate of drug-likeness (QED) is 0.282. The van der Waals surface area contributed by atoms with Crippen LogP contribution in [0.4, 0.5) is 22.7 Å². The molecule has 0 heterocycles. The van der Waals surface area contributed by atoms with E-state index in [-0.39, 0.29) is 11.4 Å². The number of aliphatic imine (C=N–C) groups is 4. The molecule has 33 heavy (non-hydrogen) atoms. The van der Waals surface area contributed by atoms with Crippen LogP contribution in [0.5, 0.6) is 0 Å². The first-order valence-electron chi connectivity index (χ1n) is 9.69. The van der Waals surface area contributed by atoms with Crippen LogP contribution >= 0.6 is 0 Å². The zero-order chi connectivity index (χ0) is 23.8. The maximum absolute atomic E-state index is 11.3. The summed E-state index contributed by atoms with van der Waals surface area (Å²) in [6, 6.07) is 15.5. The summed E-state index contributed by atoms with van der Waals surface area (Å²) in [7, 11) is 0. The lowest BCUT2D eigenvalue weighted by molar-refractivity contribution is 0.564. The summed E-state index contributed by atoms with van der Waals surface area (Å²) in [5.74, 6) is -0.710. The van der Waals surface area contributed by atoms with E-state index in [0.29, 0.717) is 28.1 Å². The molecule has 0 amide bonds. The first-order chi connectivity index (χ1) is 16.0. The molecule has 0 spiro atoms. The van der Waals surface area contributed by atoms with Gasteiger partial charge in [0.05, 0.1) is 11.4 Å². The molecule has 0 radical (unpaired) electrons. The molecule has 0 saturated carbocycles.